The van der Waals surface area contributed by atoms with Crippen LogP contribution >= 0.6 is 0 Å². The van der Waals surface area contributed by atoms with Crippen LogP contribution in [0.2, 0.25) is 0 Å². The zero-order valence-electron chi connectivity index (χ0n) is 11.4. The first-order valence-corrected chi connectivity index (χ1v) is 6.64. The minimum absolute atomic E-state index is 0.0655. The number of hydrogen-bond acceptors (Lipinski definition) is 2. The van der Waals surface area contributed by atoms with Gasteiger partial charge in [0.25, 0.3) is 0 Å². The molecular formula is C15H22N2O. The first kappa shape index (κ1) is 13.1. The van der Waals surface area contributed by atoms with Crippen molar-refractivity contribution in [3.05, 3.63) is 34.9 Å². The largest absolute Gasteiger partial charge is 0.334 e. The maximum Gasteiger partial charge on any atom is 0.239 e. The van der Waals surface area contributed by atoms with Gasteiger partial charge in [-0.2, -0.15) is 0 Å². The fourth-order valence-electron chi connectivity index (χ4n) is 2.61. The summed E-state index contributed by atoms with van der Waals surface area (Å²) in [6.45, 7) is 6.82. The van der Waals surface area contributed by atoms with Crippen molar-refractivity contribution < 1.29 is 4.79 Å². The van der Waals surface area contributed by atoms with Crippen LogP contribution in [0.25, 0.3) is 0 Å². The Balaban J connectivity index is 2.26. The Kier molecular flexibility index (Phi) is 3.71. The van der Waals surface area contributed by atoms with Crippen molar-refractivity contribution in [2.24, 2.45) is 5.73 Å². The van der Waals surface area contributed by atoms with Gasteiger partial charge in [-0.15, -0.1) is 0 Å². The molecule has 2 N–H and O–H groups in total. The number of rotatable bonds is 2. The van der Waals surface area contributed by atoms with Gasteiger partial charge in [0.1, 0.15) is 0 Å². The van der Waals surface area contributed by atoms with Crippen molar-refractivity contribution in [3.8, 4) is 0 Å². The molecule has 0 aromatic heterocycles. The Bertz CT molecular complexity index is 454. The van der Waals surface area contributed by atoms with E-state index in [4.69, 9.17) is 5.73 Å². The van der Waals surface area contributed by atoms with Gasteiger partial charge in [0.05, 0.1) is 12.1 Å². The molecule has 18 heavy (non-hydrogen) atoms. The van der Waals surface area contributed by atoms with Gasteiger partial charge in [-0.05, 0) is 50.3 Å². The van der Waals surface area contributed by atoms with Crippen molar-refractivity contribution in [1.29, 1.82) is 0 Å². The molecule has 1 saturated heterocycles. The number of benzene rings is 1. The highest BCUT2D eigenvalue weighted by molar-refractivity contribution is 5.82. The molecule has 2 atom stereocenters. The summed E-state index contributed by atoms with van der Waals surface area (Å²) < 4.78 is 0. The van der Waals surface area contributed by atoms with Crippen LogP contribution in [0.3, 0.4) is 0 Å². The molecule has 0 saturated carbocycles. The smallest absolute Gasteiger partial charge is 0.239 e. The van der Waals surface area contributed by atoms with Crippen molar-refractivity contribution >= 4 is 5.91 Å². The standard InChI is InChI=1S/C15H22N2O/c1-10-6-7-13(9-11(10)2)14-5-4-8-17(14)15(18)12(3)16/h6-7,9,12,14H,4-5,8,16H2,1-3H3/t12-,14?/m1/s1. The maximum absolute atomic E-state index is 12.1. The van der Waals surface area contributed by atoms with Gasteiger partial charge in [-0.3, -0.25) is 4.79 Å². The van der Waals surface area contributed by atoms with Crippen molar-refractivity contribution in [1.82, 2.24) is 4.90 Å². The molecule has 98 valence electrons. The molecule has 1 unspecified atom stereocenters. The molecule has 1 aromatic rings. The first-order valence-electron chi connectivity index (χ1n) is 6.64. The third-order valence-corrected chi connectivity index (χ3v) is 3.84. The molecule has 3 nitrogen and oxygen atoms in total. The Morgan fingerprint density at radius 3 is 2.72 bits per heavy atom. The van der Waals surface area contributed by atoms with Crippen LogP contribution in [0.1, 0.15) is 42.5 Å². The number of nitrogens with two attached hydrogens (primary N) is 1. The highest BCUT2D eigenvalue weighted by Crippen LogP contribution is 2.33. The summed E-state index contributed by atoms with van der Waals surface area (Å²) in [5.41, 5.74) is 9.54. The third kappa shape index (κ3) is 2.41. The lowest BCUT2D eigenvalue weighted by molar-refractivity contribution is -0.133. The minimum Gasteiger partial charge on any atom is -0.334 e. The van der Waals surface area contributed by atoms with Gasteiger partial charge in [-0.25, -0.2) is 0 Å². The van der Waals surface area contributed by atoms with Crippen molar-refractivity contribution in [2.45, 2.75) is 45.7 Å². The van der Waals surface area contributed by atoms with Gasteiger partial charge in [0, 0.05) is 6.54 Å². The molecule has 1 aromatic carbocycles. The van der Waals surface area contributed by atoms with Crippen LogP contribution in [0.4, 0.5) is 0 Å². The van der Waals surface area contributed by atoms with E-state index in [1.807, 2.05) is 4.90 Å². The Labute approximate surface area is 109 Å². The number of carbonyl (C=O) groups excluding carboxylic acids is 1. The van der Waals surface area contributed by atoms with Gasteiger partial charge in [-0.1, -0.05) is 18.2 Å². The van der Waals surface area contributed by atoms with Crippen LogP contribution < -0.4 is 5.73 Å². The van der Waals surface area contributed by atoms with E-state index in [-0.39, 0.29) is 11.9 Å². The normalized spacial score (nSPS) is 21.1. The van der Waals surface area contributed by atoms with Crippen LogP contribution in [-0.2, 0) is 4.79 Å². The number of nitrogens with zero attached hydrogens (tertiary/aromatic N) is 1. The van der Waals surface area contributed by atoms with Crippen molar-refractivity contribution in [2.75, 3.05) is 6.54 Å². The zero-order chi connectivity index (χ0) is 13.3. The quantitative estimate of drug-likeness (QED) is 0.870. The van der Waals surface area contributed by atoms with Gasteiger partial charge < -0.3 is 10.6 Å². The second-order valence-corrected chi connectivity index (χ2v) is 5.32. The molecular weight excluding hydrogens is 224 g/mol. The highest BCUT2D eigenvalue weighted by Gasteiger charge is 2.31. The highest BCUT2D eigenvalue weighted by atomic mass is 16.2. The molecule has 1 aliphatic heterocycles. The number of hydrogen-bond donors (Lipinski definition) is 1. The summed E-state index contributed by atoms with van der Waals surface area (Å²) in [5, 5.41) is 0. The number of aryl methyl sites for hydroxylation is 2. The summed E-state index contributed by atoms with van der Waals surface area (Å²) in [7, 11) is 0. The van der Waals surface area contributed by atoms with E-state index in [0.717, 1.165) is 19.4 Å². The summed E-state index contributed by atoms with van der Waals surface area (Å²) in [6.07, 6.45) is 2.11. The minimum atomic E-state index is -0.405. The summed E-state index contributed by atoms with van der Waals surface area (Å²) in [6, 6.07) is 6.28. The summed E-state index contributed by atoms with van der Waals surface area (Å²) in [4.78, 5) is 14.0. The molecule has 1 aliphatic rings. The van der Waals surface area contributed by atoms with Gasteiger partial charge >= 0.3 is 0 Å². The fourth-order valence-corrected chi connectivity index (χ4v) is 2.61. The zero-order valence-corrected chi connectivity index (χ0v) is 11.4. The number of likely N-dealkylation sites (tertiary alicyclic amines) is 1. The van der Waals surface area contributed by atoms with E-state index < -0.39 is 6.04 Å². The Morgan fingerprint density at radius 2 is 2.11 bits per heavy atom. The molecule has 3 heteroatoms. The predicted octanol–water partition coefficient (Wildman–Crippen LogP) is 2.31. The lowest BCUT2D eigenvalue weighted by Crippen LogP contribution is -2.41. The molecule has 0 bridgehead atoms. The summed E-state index contributed by atoms with van der Waals surface area (Å²) in [5.74, 6) is 0.0655. The van der Waals surface area contributed by atoms with E-state index in [2.05, 4.69) is 32.0 Å². The molecule has 1 heterocycles. The molecule has 0 aliphatic carbocycles. The van der Waals surface area contributed by atoms with E-state index in [1.54, 1.807) is 6.92 Å². The van der Waals surface area contributed by atoms with Crippen LogP contribution in [0.15, 0.2) is 18.2 Å². The molecule has 1 fully saturated rings. The monoisotopic (exact) mass is 246 g/mol. The van der Waals surface area contributed by atoms with E-state index in [1.165, 1.54) is 16.7 Å². The maximum atomic E-state index is 12.1. The lowest BCUT2D eigenvalue weighted by Gasteiger charge is -2.27. The predicted molar refractivity (Wildman–Crippen MR) is 73.3 cm³/mol. The van der Waals surface area contributed by atoms with E-state index in [9.17, 15) is 4.79 Å². The Hall–Kier alpha value is -1.35. The second-order valence-electron chi connectivity index (χ2n) is 5.32. The number of carbonyl (C=O) groups is 1. The molecule has 0 spiro atoms. The number of amides is 1. The second kappa shape index (κ2) is 5.11. The summed E-state index contributed by atoms with van der Waals surface area (Å²) >= 11 is 0. The molecule has 2 rings (SSSR count). The van der Waals surface area contributed by atoms with E-state index in [0.29, 0.717) is 0 Å². The average Bonchev–Trinajstić information content (AvgIpc) is 2.80. The van der Waals surface area contributed by atoms with Gasteiger partial charge in [0.15, 0.2) is 0 Å². The van der Waals surface area contributed by atoms with Crippen LogP contribution in [0.5, 0.6) is 0 Å². The lowest BCUT2D eigenvalue weighted by atomic mass is 9.99. The average molecular weight is 246 g/mol. The van der Waals surface area contributed by atoms with Gasteiger partial charge in [0.2, 0.25) is 5.91 Å². The van der Waals surface area contributed by atoms with Crippen LogP contribution in [0, 0.1) is 13.8 Å². The Morgan fingerprint density at radius 1 is 1.39 bits per heavy atom. The molecule has 1 amide bonds. The fraction of sp³-hybridized carbons (Fsp3) is 0.533. The molecule has 0 radical (unpaired) electrons. The third-order valence-electron chi connectivity index (χ3n) is 3.84. The topological polar surface area (TPSA) is 46.3 Å². The van der Waals surface area contributed by atoms with E-state index >= 15 is 0 Å². The SMILES string of the molecule is Cc1ccc(C2CCCN2C(=O)[C@@H](C)N)cc1C. The van der Waals surface area contributed by atoms with Crippen LogP contribution in [-0.4, -0.2) is 23.4 Å². The van der Waals surface area contributed by atoms with Crippen molar-refractivity contribution in [3.63, 3.8) is 0 Å². The first-order chi connectivity index (χ1) is 8.50.